The molecule has 1 aromatic carbocycles. The molecule has 0 N–H and O–H groups in total. The van der Waals surface area contributed by atoms with E-state index in [0.29, 0.717) is 5.19 Å². The maximum absolute atomic E-state index is 5.96. The molecule has 1 saturated carbocycles. The Morgan fingerprint density at radius 2 is 1.42 bits per heavy atom. The number of hydrogen-bond donors (Lipinski definition) is 0. The maximum atomic E-state index is 5.96. The first kappa shape index (κ1) is 26.0. The molecule has 2 atom stereocenters. The Hall–Kier alpha value is -1.62. The Morgan fingerprint density at radius 1 is 0.758 bits per heavy atom. The molecule has 0 aliphatic heterocycles. The van der Waals surface area contributed by atoms with E-state index in [1.807, 2.05) is 12.1 Å². The Kier molecular flexibility index (Phi) is 12.1. The average Bonchev–Trinajstić information content (AvgIpc) is 3.32. The second-order valence-corrected chi connectivity index (χ2v) is 10.5. The van der Waals surface area contributed by atoms with Gasteiger partial charge in [0.1, 0.15) is 5.75 Å². The van der Waals surface area contributed by atoms with E-state index >= 15 is 0 Å². The van der Waals surface area contributed by atoms with Gasteiger partial charge in [-0.3, -0.25) is 0 Å². The van der Waals surface area contributed by atoms with Crippen LogP contribution in [0.4, 0.5) is 0 Å². The smallest absolute Gasteiger partial charge is 0.294 e. The van der Waals surface area contributed by atoms with Gasteiger partial charge in [0, 0.05) is 5.56 Å². The topological polar surface area (TPSA) is 44.2 Å². The largest absolute Gasteiger partial charge is 0.494 e. The van der Waals surface area contributed by atoms with Gasteiger partial charge >= 0.3 is 0 Å². The highest BCUT2D eigenvalue weighted by atomic mass is 32.1. The first-order valence-electron chi connectivity index (χ1n) is 13.5. The van der Waals surface area contributed by atoms with Crippen LogP contribution in [0.1, 0.15) is 104 Å². The zero-order valence-electron chi connectivity index (χ0n) is 20.9. The van der Waals surface area contributed by atoms with Gasteiger partial charge in [0.05, 0.1) is 13.2 Å². The van der Waals surface area contributed by atoms with E-state index in [-0.39, 0.29) is 0 Å². The van der Waals surface area contributed by atoms with E-state index in [0.717, 1.165) is 54.2 Å². The van der Waals surface area contributed by atoms with Crippen LogP contribution in [-0.2, 0) is 0 Å². The van der Waals surface area contributed by atoms with Crippen molar-refractivity contribution in [1.82, 2.24) is 10.2 Å². The molecule has 5 heteroatoms. The van der Waals surface area contributed by atoms with Crippen LogP contribution in [0.2, 0.25) is 0 Å². The molecule has 1 aliphatic rings. The summed E-state index contributed by atoms with van der Waals surface area (Å²) >= 11 is 1.53. The number of unbranched alkanes of at least 4 members (excludes halogenated alkanes) is 5. The third-order valence-electron chi connectivity index (χ3n) is 6.96. The molecule has 0 radical (unpaired) electrons. The molecule has 0 amide bonds. The van der Waals surface area contributed by atoms with Crippen LogP contribution in [0.3, 0.4) is 0 Å². The predicted molar refractivity (Wildman–Crippen MR) is 139 cm³/mol. The molecule has 2 aromatic rings. The third kappa shape index (κ3) is 9.27. The lowest BCUT2D eigenvalue weighted by molar-refractivity contribution is 0.190. The predicted octanol–water partition coefficient (Wildman–Crippen LogP) is 8.71. The van der Waals surface area contributed by atoms with Crippen molar-refractivity contribution in [3.63, 3.8) is 0 Å². The van der Waals surface area contributed by atoms with Gasteiger partial charge in [-0.15, -0.1) is 5.10 Å². The normalized spacial score (nSPS) is 18.4. The lowest BCUT2D eigenvalue weighted by atomic mass is 9.74. The summed E-state index contributed by atoms with van der Waals surface area (Å²) in [7, 11) is 0. The molecule has 0 bridgehead atoms. The van der Waals surface area contributed by atoms with Crippen molar-refractivity contribution in [2.24, 2.45) is 11.8 Å². The second kappa shape index (κ2) is 15.3. The van der Waals surface area contributed by atoms with Crippen LogP contribution >= 0.6 is 11.3 Å². The lowest BCUT2D eigenvalue weighted by Gasteiger charge is -2.31. The molecule has 4 nitrogen and oxygen atoms in total. The van der Waals surface area contributed by atoms with Crippen molar-refractivity contribution in [2.45, 2.75) is 104 Å². The van der Waals surface area contributed by atoms with Crippen LogP contribution in [0.5, 0.6) is 10.9 Å². The van der Waals surface area contributed by atoms with E-state index in [4.69, 9.17) is 9.47 Å². The number of benzene rings is 1. The highest BCUT2D eigenvalue weighted by Crippen LogP contribution is 2.36. The van der Waals surface area contributed by atoms with E-state index in [9.17, 15) is 0 Å². The summed E-state index contributed by atoms with van der Waals surface area (Å²) in [6.45, 7) is 6.06. The Labute approximate surface area is 205 Å². The van der Waals surface area contributed by atoms with Crippen molar-refractivity contribution in [3.8, 4) is 21.5 Å². The molecule has 1 aromatic heterocycles. The molecule has 1 fully saturated rings. The minimum absolute atomic E-state index is 0.685. The minimum Gasteiger partial charge on any atom is -0.494 e. The summed E-state index contributed by atoms with van der Waals surface area (Å²) in [6, 6.07) is 8.18. The zero-order chi connectivity index (χ0) is 23.1. The summed E-state index contributed by atoms with van der Waals surface area (Å²) < 4.78 is 11.8. The monoisotopic (exact) mass is 472 g/mol. The summed E-state index contributed by atoms with van der Waals surface area (Å²) in [5.41, 5.74) is 1.07. The Morgan fingerprint density at radius 3 is 2.15 bits per heavy atom. The molecule has 3 rings (SSSR count). The highest BCUT2D eigenvalue weighted by molar-refractivity contribution is 7.16. The van der Waals surface area contributed by atoms with E-state index in [2.05, 4.69) is 36.2 Å². The fourth-order valence-electron chi connectivity index (χ4n) is 5.00. The van der Waals surface area contributed by atoms with Crippen molar-refractivity contribution in [1.29, 1.82) is 0 Å². The average molecular weight is 473 g/mol. The lowest BCUT2D eigenvalue weighted by Crippen LogP contribution is -2.20. The molecule has 33 heavy (non-hydrogen) atoms. The maximum Gasteiger partial charge on any atom is 0.294 e. The third-order valence-corrected chi connectivity index (χ3v) is 7.85. The molecule has 1 heterocycles. The van der Waals surface area contributed by atoms with Gasteiger partial charge in [0.2, 0.25) is 0 Å². The van der Waals surface area contributed by atoms with Crippen LogP contribution in [0.25, 0.3) is 10.6 Å². The van der Waals surface area contributed by atoms with Crippen LogP contribution in [0.15, 0.2) is 24.3 Å². The Bertz CT molecular complexity index is 762. The summed E-state index contributed by atoms with van der Waals surface area (Å²) in [4.78, 5) is 0. The number of rotatable bonds is 16. The summed E-state index contributed by atoms with van der Waals surface area (Å²) in [5, 5.41) is 10.2. The molecule has 1 aliphatic carbocycles. The van der Waals surface area contributed by atoms with Gasteiger partial charge in [0.25, 0.3) is 5.19 Å². The number of nitrogens with zero attached hydrogens (tertiary/aromatic N) is 2. The van der Waals surface area contributed by atoms with Crippen molar-refractivity contribution in [2.75, 3.05) is 13.2 Å². The first-order valence-corrected chi connectivity index (χ1v) is 14.3. The highest BCUT2D eigenvalue weighted by Gasteiger charge is 2.24. The van der Waals surface area contributed by atoms with Crippen molar-refractivity contribution < 1.29 is 9.47 Å². The van der Waals surface area contributed by atoms with Crippen molar-refractivity contribution >= 4 is 11.3 Å². The number of ether oxygens (including phenoxy) is 2. The fourth-order valence-corrected chi connectivity index (χ4v) is 5.73. The molecule has 2 unspecified atom stereocenters. The van der Waals surface area contributed by atoms with Crippen molar-refractivity contribution in [3.05, 3.63) is 24.3 Å². The molecule has 0 saturated heterocycles. The standard InChI is InChI=1S/C28H44N2O2S/c1-3-5-7-11-21-31-26-19-17-25(18-20-26)27-29-30-28(33-27)32-22-12-16-24-15-10-9-14-23(24)13-8-6-4-2/h17-20,23-24H,3-16,21-22H2,1-2H3. The van der Waals surface area contributed by atoms with Gasteiger partial charge in [-0.1, -0.05) is 101 Å². The number of aromatic nitrogens is 2. The van der Waals surface area contributed by atoms with Crippen LogP contribution in [0, 0.1) is 11.8 Å². The SMILES string of the molecule is CCCCCCOc1ccc(-c2nnc(OCCCC3CCCCC3CCCCC)s2)cc1. The zero-order valence-corrected chi connectivity index (χ0v) is 21.7. The van der Waals surface area contributed by atoms with Gasteiger partial charge in [-0.25, -0.2) is 0 Å². The fraction of sp³-hybridized carbons (Fsp3) is 0.714. The number of hydrogen-bond acceptors (Lipinski definition) is 5. The first-order chi connectivity index (χ1) is 16.3. The summed E-state index contributed by atoms with van der Waals surface area (Å²) in [5.74, 6) is 2.77. The minimum atomic E-state index is 0.685. The van der Waals surface area contributed by atoms with E-state index in [1.54, 1.807) is 0 Å². The van der Waals surface area contributed by atoms with Gasteiger partial charge in [-0.05, 0) is 55.4 Å². The van der Waals surface area contributed by atoms with Crippen LogP contribution in [-0.4, -0.2) is 23.4 Å². The second-order valence-electron chi connectivity index (χ2n) is 9.60. The molecule has 184 valence electrons. The van der Waals surface area contributed by atoms with Gasteiger partial charge < -0.3 is 9.47 Å². The van der Waals surface area contributed by atoms with E-state index in [1.165, 1.54) is 88.4 Å². The van der Waals surface area contributed by atoms with Gasteiger partial charge in [-0.2, -0.15) is 0 Å². The quantitative estimate of drug-likeness (QED) is 0.229. The summed E-state index contributed by atoms with van der Waals surface area (Å²) in [6.07, 6.45) is 18.6. The molecule has 0 spiro atoms. The van der Waals surface area contributed by atoms with Crippen LogP contribution < -0.4 is 9.47 Å². The molecular formula is C28H44N2O2S. The molecular weight excluding hydrogens is 428 g/mol. The Balaban J connectivity index is 1.37. The van der Waals surface area contributed by atoms with E-state index < -0.39 is 0 Å². The van der Waals surface area contributed by atoms with Gasteiger partial charge in [0.15, 0.2) is 5.01 Å².